The number of benzene rings is 1. The number of halogens is 1. The summed E-state index contributed by atoms with van der Waals surface area (Å²) in [7, 11) is 1.81. The largest absolute Gasteiger partial charge is 0.377 e. The van der Waals surface area contributed by atoms with Crippen LogP contribution in [0.3, 0.4) is 0 Å². The Morgan fingerprint density at radius 3 is 2.67 bits per heavy atom. The maximum atomic E-state index is 5.66. The van der Waals surface area contributed by atoms with E-state index in [9.17, 15) is 0 Å². The van der Waals surface area contributed by atoms with Crippen LogP contribution in [0.1, 0.15) is 12.0 Å². The topological polar surface area (TPSA) is 21.3 Å². The first-order chi connectivity index (χ1) is 7.24. The van der Waals surface area contributed by atoms with E-state index < -0.39 is 0 Å². The average Bonchev–Trinajstić information content (AvgIpc) is 2.71. The number of hydrogen-bond acceptors (Lipinski definition) is 2. The second-order valence-corrected chi connectivity index (χ2v) is 5.03. The highest BCUT2D eigenvalue weighted by Crippen LogP contribution is 2.24. The van der Waals surface area contributed by atoms with Crippen molar-refractivity contribution >= 4 is 15.9 Å². The molecular formula is C12H16BrNO. The Morgan fingerprint density at radius 2 is 2.13 bits per heavy atom. The molecule has 0 amide bonds. The normalized spacial score (nSPS) is 25.7. The van der Waals surface area contributed by atoms with Crippen LogP contribution in [0.2, 0.25) is 0 Å². The summed E-state index contributed by atoms with van der Waals surface area (Å²) >= 11 is 3.45. The van der Waals surface area contributed by atoms with E-state index in [0.717, 1.165) is 30.4 Å². The van der Waals surface area contributed by atoms with E-state index in [-0.39, 0.29) is 5.60 Å². The second-order valence-electron chi connectivity index (χ2n) is 4.12. The van der Waals surface area contributed by atoms with Crippen molar-refractivity contribution in [2.24, 2.45) is 0 Å². The summed E-state index contributed by atoms with van der Waals surface area (Å²) in [5.41, 5.74) is 1.34. The predicted molar refractivity (Wildman–Crippen MR) is 65.1 cm³/mol. The molecule has 1 unspecified atom stereocenters. The summed E-state index contributed by atoms with van der Waals surface area (Å²) in [6.45, 7) is 2.02. The van der Waals surface area contributed by atoms with Gasteiger partial charge in [-0.3, -0.25) is 0 Å². The van der Waals surface area contributed by atoms with Crippen molar-refractivity contribution in [2.75, 3.05) is 20.2 Å². The van der Waals surface area contributed by atoms with Crippen LogP contribution >= 0.6 is 15.9 Å². The minimum Gasteiger partial charge on any atom is -0.377 e. The molecule has 1 aliphatic heterocycles. The fraction of sp³-hybridized carbons (Fsp3) is 0.500. The van der Waals surface area contributed by atoms with Crippen molar-refractivity contribution in [2.45, 2.75) is 18.4 Å². The zero-order valence-electron chi connectivity index (χ0n) is 8.92. The third-order valence-corrected chi connectivity index (χ3v) is 3.61. The first kappa shape index (κ1) is 11.1. The SMILES string of the molecule is COC1(Cc2ccc(Br)cc2)CCNC1. The van der Waals surface area contributed by atoms with Gasteiger partial charge in [-0.05, 0) is 30.7 Å². The molecule has 2 rings (SSSR count). The standard InChI is InChI=1S/C12H16BrNO/c1-15-12(6-7-14-9-12)8-10-2-4-11(13)5-3-10/h2-5,14H,6-9H2,1H3. The Labute approximate surface area is 99.1 Å². The van der Waals surface area contributed by atoms with Crippen LogP contribution < -0.4 is 5.32 Å². The van der Waals surface area contributed by atoms with Crippen molar-refractivity contribution in [3.8, 4) is 0 Å². The van der Waals surface area contributed by atoms with E-state index in [1.165, 1.54) is 5.56 Å². The smallest absolute Gasteiger partial charge is 0.0854 e. The molecule has 0 aromatic heterocycles. The van der Waals surface area contributed by atoms with Gasteiger partial charge in [0.1, 0.15) is 0 Å². The molecule has 2 nitrogen and oxygen atoms in total. The maximum Gasteiger partial charge on any atom is 0.0854 e. The van der Waals surface area contributed by atoms with Gasteiger partial charge >= 0.3 is 0 Å². The molecule has 1 aromatic rings. The van der Waals surface area contributed by atoms with Crippen molar-refractivity contribution in [1.82, 2.24) is 5.32 Å². The first-order valence-corrected chi connectivity index (χ1v) is 6.04. The number of ether oxygens (including phenoxy) is 1. The minimum absolute atomic E-state index is 0.00777. The summed E-state index contributed by atoms with van der Waals surface area (Å²) in [5.74, 6) is 0. The fourth-order valence-electron chi connectivity index (χ4n) is 2.09. The molecule has 0 aliphatic carbocycles. The molecule has 1 N–H and O–H groups in total. The van der Waals surface area contributed by atoms with Gasteiger partial charge in [-0.15, -0.1) is 0 Å². The van der Waals surface area contributed by atoms with Crippen LogP contribution in [0, 0.1) is 0 Å². The van der Waals surface area contributed by atoms with Crippen LogP contribution in [0.5, 0.6) is 0 Å². The second kappa shape index (κ2) is 4.64. The molecule has 1 heterocycles. The summed E-state index contributed by atoms with van der Waals surface area (Å²) in [6.07, 6.45) is 2.09. The van der Waals surface area contributed by atoms with Crippen LogP contribution in [0.15, 0.2) is 28.7 Å². The molecule has 1 saturated heterocycles. The molecule has 82 valence electrons. The van der Waals surface area contributed by atoms with E-state index in [1.54, 1.807) is 0 Å². The molecule has 1 atom stereocenters. The van der Waals surface area contributed by atoms with E-state index in [0.29, 0.717) is 0 Å². The molecular weight excluding hydrogens is 254 g/mol. The van der Waals surface area contributed by atoms with Crippen LogP contribution in [-0.4, -0.2) is 25.8 Å². The molecule has 0 bridgehead atoms. The van der Waals surface area contributed by atoms with Gasteiger partial charge in [0.15, 0.2) is 0 Å². The molecule has 1 aromatic carbocycles. The number of methoxy groups -OCH3 is 1. The molecule has 0 radical (unpaired) electrons. The monoisotopic (exact) mass is 269 g/mol. The molecule has 0 spiro atoms. The number of rotatable bonds is 3. The van der Waals surface area contributed by atoms with Crippen molar-refractivity contribution in [3.63, 3.8) is 0 Å². The third kappa shape index (κ3) is 2.60. The molecule has 0 saturated carbocycles. The van der Waals surface area contributed by atoms with Crippen LogP contribution in [-0.2, 0) is 11.2 Å². The van der Waals surface area contributed by atoms with E-state index in [2.05, 4.69) is 45.5 Å². The first-order valence-electron chi connectivity index (χ1n) is 5.24. The van der Waals surface area contributed by atoms with Crippen molar-refractivity contribution < 1.29 is 4.74 Å². The van der Waals surface area contributed by atoms with Crippen LogP contribution in [0.4, 0.5) is 0 Å². The Hall–Kier alpha value is -0.380. The quantitative estimate of drug-likeness (QED) is 0.910. The summed E-state index contributed by atoms with van der Waals surface area (Å²) in [6, 6.07) is 8.48. The number of nitrogens with one attached hydrogen (secondary N) is 1. The fourth-order valence-corrected chi connectivity index (χ4v) is 2.36. The lowest BCUT2D eigenvalue weighted by Crippen LogP contribution is -2.36. The van der Waals surface area contributed by atoms with Gasteiger partial charge in [0, 0.05) is 24.5 Å². The van der Waals surface area contributed by atoms with E-state index in [4.69, 9.17) is 4.74 Å². The average molecular weight is 270 g/mol. The highest BCUT2D eigenvalue weighted by Gasteiger charge is 2.33. The van der Waals surface area contributed by atoms with Gasteiger partial charge in [-0.25, -0.2) is 0 Å². The van der Waals surface area contributed by atoms with Gasteiger partial charge in [0.2, 0.25) is 0 Å². The van der Waals surface area contributed by atoms with Gasteiger partial charge in [0.25, 0.3) is 0 Å². The third-order valence-electron chi connectivity index (χ3n) is 3.08. The highest BCUT2D eigenvalue weighted by molar-refractivity contribution is 9.10. The molecule has 15 heavy (non-hydrogen) atoms. The summed E-state index contributed by atoms with van der Waals surface area (Å²) in [5, 5.41) is 3.36. The summed E-state index contributed by atoms with van der Waals surface area (Å²) < 4.78 is 6.79. The summed E-state index contributed by atoms with van der Waals surface area (Å²) in [4.78, 5) is 0. The zero-order chi connectivity index (χ0) is 10.7. The van der Waals surface area contributed by atoms with Crippen molar-refractivity contribution in [3.05, 3.63) is 34.3 Å². The van der Waals surface area contributed by atoms with Crippen LogP contribution in [0.25, 0.3) is 0 Å². The lowest BCUT2D eigenvalue weighted by atomic mass is 9.93. The van der Waals surface area contributed by atoms with Gasteiger partial charge in [-0.1, -0.05) is 28.1 Å². The predicted octanol–water partition coefficient (Wildman–Crippen LogP) is 2.37. The highest BCUT2D eigenvalue weighted by atomic mass is 79.9. The molecule has 3 heteroatoms. The lowest BCUT2D eigenvalue weighted by Gasteiger charge is -2.26. The number of hydrogen-bond donors (Lipinski definition) is 1. The maximum absolute atomic E-state index is 5.66. The molecule has 1 aliphatic rings. The molecule has 1 fully saturated rings. The Morgan fingerprint density at radius 1 is 1.40 bits per heavy atom. The van der Waals surface area contributed by atoms with Crippen molar-refractivity contribution in [1.29, 1.82) is 0 Å². The van der Waals surface area contributed by atoms with E-state index in [1.807, 2.05) is 7.11 Å². The van der Waals surface area contributed by atoms with Gasteiger partial charge in [-0.2, -0.15) is 0 Å². The zero-order valence-corrected chi connectivity index (χ0v) is 10.5. The Kier molecular flexibility index (Phi) is 3.44. The minimum atomic E-state index is 0.00777. The van der Waals surface area contributed by atoms with Gasteiger partial charge < -0.3 is 10.1 Å². The van der Waals surface area contributed by atoms with Gasteiger partial charge in [0.05, 0.1) is 5.60 Å². The Bertz CT molecular complexity index is 317. The Balaban J connectivity index is 2.09. The van der Waals surface area contributed by atoms with E-state index >= 15 is 0 Å². The lowest BCUT2D eigenvalue weighted by molar-refractivity contribution is 0.00776.